The molecule has 0 spiro atoms. The normalized spacial score (nSPS) is 14.7. The maximum atomic E-state index is 12.9. The van der Waals surface area contributed by atoms with E-state index < -0.39 is 5.60 Å². The molecular weight excluding hydrogens is 400 g/mol. The first kappa shape index (κ1) is 22.5. The molecule has 2 heterocycles. The Morgan fingerprint density at radius 2 is 1.58 bits per heavy atom. The summed E-state index contributed by atoms with van der Waals surface area (Å²) in [6.07, 6.45) is 0.330. The van der Waals surface area contributed by atoms with Gasteiger partial charge < -0.3 is 28.4 Å². The molecule has 1 aromatic heterocycles. The van der Waals surface area contributed by atoms with Crippen molar-refractivity contribution in [3.63, 3.8) is 0 Å². The number of amides is 2. The highest BCUT2D eigenvalue weighted by Crippen LogP contribution is 2.20. The van der Waals surface area contributed by atoms with Gasteiger partial charge in [-0.3, -0.25) is 4.79 Å². The Kier molecular flexibility index (Phi) is 7.09. The van der Waals surface area contributed by atoms with Gasteiger partial charge in [-0.05, 0) is 63.6 Å². The van der Waals surface area contributed by atoms with Gasteiger partial charge in [-0.15, -0.1) is 0 Å². The highest BCUT2D eigenvalue weighted by molar-refractivity contribution is 5.91. The van der Waals surface area contributed by atoms with E-state index in [2.05, 4.69) is 0 Å². The Bertz CT molecular complexity index is 884. The van der Waals surface area contributed by atoms with Gasteiger partial charge in [0.25, 0.3) is 5.91 Å². The van der Waals surface area contributed by atoms with Gasteiger partial charge in [-0.2, -0.15) is 0 Å². The van der Waals surface area contributed by atoms with Crippen LogP contribution in [0.25, 0.3) is 0 Å². The summed E-state index contributed by atoms with van der Waals surface area (Å²) in [5.74, 6) is 2.06. The lowest BCUT2D eigenvalue weighted by Gasteiger charge is -2.26. The average Bonchev–Trinajstić information content (AvgIpc) is 3.06. The molecular formula is C23H30N2O6. The number of hydrogen-bond acceptors (Lipinski definition) is 6. The third-order valence-corrected chi connectivity index (χ3v) is 4.75. The van der Waals surface area contributed by atoms with Crippen LogP contribution in [0, 0.1) is 0 Å². The van der Waals surface area contributed by atoms with E-state index in [1.807, 2.05) is 45.0 Å². The van der Waals surface area contributed by atoms with E-state index in [1.165, 1.54) is 0 Å². The minimum Gasteiger partial charge on any atom is -0.497 e. The van der Waals surface area contributed by atoms with E-state index in [1.54, 1.807) is 29.0 Å². The Balaban J connectivity index is 1.53. The van der Waals surface area contributed by atoms with Crippen molar-refractivity contribution in [3.8, 4) is 11.5 Å². The summed E-state index contributed by atoms with van der Waals surface area (Å²) in [6, 6.07) is 10.6. The van der Waals surface area contributed by atoms with Gasteiger partial charge in [0.1, 0.15) is 29.5 Å². The van der Waals surface area contributed by atoms with E-state index in [-0.39, 0.29) is 24.4 Å². The van der Waals surface area contributed by atoms with Crippen molar-refractivity contribution >= 4 is 12.0 Å². The molecule has 1 aromatic carbocycles. The summed E-state index contributed by atoms with van der Waals surface area (Å²) in [7, 11) is 1.61. The van der Waals surface area contributed by atoms with E-state index in [9.17, 15) is 9.59 Å². The second-order valence-electron chi connectivity index (χ2n) is 8.34. The molecule has 1 aliphatic rings. The number of hydrogen-bond donors (Lipinski definition) is 0. The molecule has 1 fully saturated rings. The standard InChI is InChI=1S/C23H30N2O6/c1-23(2,3)31-22(27)25-13-5-12-24(14-15-25)21(26)20-11-10-19(30-20)16-29-18-8-6-17(28-4)7-9-18/h6-11H,5,12-16H2,1-4H3. The van der Waals surface area contributed by atoms with Gasteiger partial charge in [0.05, 0.1) is 7.11 Å². The molecule has 0 bridgehead atoms. The van der Waals surface area contributed by atoms with E-state index in [4.69, 9.17) is 18.6 Å². The number of methoxy groups -OCH3 is 1. The largest absolute Gasteiger partial charge is 0.497 e. The maximum Gasteiger partial charge on any atom is 0.410 e. The van der Waals surface area contributed by atoms with E-state index in [0.29, 0.717) is 44.1 Å². The van der Waals surface area contributed by atoms with Crippen LogP contribution in [0.1, 0.15) is 43.5 Å². The monoisotopic (exact) mass is 430 g/mol. The number of carbonyl (C=O) groups excluding carboxylic acids is 2. The predicted molar refractivity (Wildman–Crippen MR) is 114 cm³/mol. The Hall–Kier alpha value is -3.16. The Labute approximate surface area is 182 Å². The number of rotatable bonds is 5. The molecule has 2 aromatic rings. The van der Waals surface area contributed by atoms with Crippen molar-refractivity contribution in [2.75, 3.05) is 33.3 Å². The topological polar surface area (TPSA) is 81.5 Å². The quantitative estimate of drug-likeness (QED) is 0.714. The van der Waals surface area contributed by atoms with Crippen LogP contribution in [0.15, 0.2) is 40.8 Å². The predicted octanol–water partition coefficient (Wildman–Crippen LogP) is 3.95. The van der Waals surface area contributed by atoms with Crippen molar-refractivity contribution in [2.45, 2.75) is 39.4 Å². The van der Waals surface area contributed by atoms with Crippen LogP contribution in [-0.4, -0.2) is 60.7 Å². The average molecular weight is 431 g/mol. The van der Waals surface area contributed by atoms with Gasteiger partial charge in [-0.1, -0.05) is 0 Å². The molecule has 0 aliphatic carbocycles. The van der Waals surface area contributed by atoms with Crippen LogP contribution in [0.2, 0.25) is 0 Å². The summed E-state index contributed by atoms with van der Waals surface area (Å²) in [5, 5.41) is 0. The number of carbonyl (C=O) groups is 2. The first-order valence-electron chi connectivity index (χ1n) is 10.4. The van der Waals surface area contributed by atoms with Crippen molar-refractivity contribution in [3.05, 3.63) is 47.9 Å². The minimum absolute atomic E-state index is 0.193. The fourth-order valence-electron chi connectivity index (χ4n) is 3.18. The lowest BCUT2D eigenvalue weighted by Crippen LogP contribution is -2.40. The van der Waals surface area contributed by atoms with E-state index >= 15 is 0 Å². The zero-order chi connectivity index (χ0) is 22.4. The fourth-order valence-corrected chi connectivity index (χ4v) is 3.18. The van der Waals surface area contributed by atoms with Crippen molar-refractivity contribution < 1.29 is 28.2 Å². The van der Waals surface area contributed by atoms with Gasteiger partial charge >= 0.3 is 6.09 Å². The van der Waals surface area contributed by atoms with Crippen LogP contribution in [-0.2, 0) is 11.3 Å². The molecule has 168 valence electrons. The first-order valence-corrected chi connectivity index (χ1v) is 10.4. The Morgan fingerprint density at radius 3 is 2.26 bits per heavy atom. The van der Waals surface area contributed by atoms with Crippen LogP contribution < -0.4 is 9.47 Å². The molecule has 1 saturated heterocycles. The molecule has 1 aliphatic heterocycles. The SMILES string of the molecule is COc1ccc(OCc2ccc(C(=O)N3CCCN(C(=O)OC(C)(C)C)CC3)o2)cc1. The minimum atomic E-state index is -0.544. The molecule has 3 rings (SSSR count). The fraction of sp³-hybridized carbons (Fsp3) is 0.478. The lowest BCUT2D eigenvalue weighted by atomic mass is 10.2. The van der Waals surface area contributed by atoms with Crippen molar-refractivity contribution in [1.82, 2.24) is 9.80 Å². The summed E-state index contributed by atoms with van der Waals surface area (Å²) in [5.41, 5.74) is -0.544. The second-order valence-corrected chi connectivity index (χ2v) is 8.34. The van der Waals surface area contributed by atoms with Crippen LogP contribution >= 0.6 is 0 Å². The third kappa shape index (κ3) is 6.41. The number of furan rings is 1. The number of ether oxygens (including phenoxy) is 3. The van der Waals surface area contributed by atoms with Crippen LogP contribution in [0.4, 0.5) is 4.79 Å². The molecule has 8 nitrogen and oxygen atoms in total. The van der Waals surface area contributed by atoms with Gasteiger partial charge in [-0.25, -0.2) is 4.79 Å². The molecule has 0 saturated carbocycles. The molecule has 0 atom stereocenters. The summed E-state index contributed by atoms with van der Waals surface area (Å²) in [6.45, 7) is 7.69. The first-order chi connectivity index (χ1) is 14.7. The van der Waals surface area contributed by atoms with Gasteiger partial charge in [0.2, 0.25) is 0 Å². The third-order valence-electron chi connectivity index (χ3n) is 4.75. The van der Waals surface area contributed by atoms with Gasteiger partial charge in [0.15, 0.2) is 5.76 Å². The molecule has 0 radical (unpaired) electrons. The zero-order valence-electron chi connectivity index (χ0n) is 18.6. The number of nitrogens with zero attached hydrogens (tertiary/aromatic N) is 2. The molecule has 31 heavy (non-hydrogen) atoms. The van der Waals surface area contributed by atoms with Crippen molar-refractivity contribution in [1.29, 1.82) is 0 Å². The Morgan fingerprint density at radius 1 is 0.935 bits per heavy atom. The zero-order valence-corrected chi connectivity index (χ0v) is 18.6. The van der Waals surface area contributed by atoms with Gasteiger partial charge in [0, 0.05) is 26.2 Å². The molecule has 8 heteroatoms. The lowest BCUT2D eigenvalue weighted by molar-refractivity contribution is 0.0255. The molecule has 0 N–H and O–H groups in total. The summed E-state index contributed by atoms with van der Waals surface area (Å²) >= 11 is 0. The van der Waals surface area contributed by atoms with E-state index in [0.717, 1.165) is 5.75 Å². The molecule has 2 amide bonds. The summed E-state index contributed by atoms with van der Waals surface area (Å²) in [4.78, 5) is 28.5. The molecule has 0 unspecified atom stereocenters. The van der Waals surface area contributed by atoms with Crippen molar-refractivity contribution in [2.24, 2.45) is 0 Å². The highest BCUT2D eigenvalue weighted by atomic mass is 16.6. The number of benzene rings is 1. The highest BCUT2D eigenvalue weighted by Gasteiger charge is 2.27. The van der Waals surface area contributed by atoms with Crippen LogP contribution in [0.3, 0.4) is 0 Å². The maximum absolute atomic E-state index is 12.9. The smallest absolute Gasteiger partial charge is 0.410 e. The van der Waals surface area contributed by atoms with Crippen LogP contribution in [0.5, 0.6) is 11.5 Å². The second kappa shape index (κ2) is 9.76. The summed E-state index contributed by atoms with van der Waals surface area (Å²) < 4.78 is 22.0.